The van der Waals surface area contributed by atoms with Gasteiger partial charge in [0.05, 0.1) is 5.92 Å². The summed E-state index contributed by atoms with van der Waals surface area (Å²) in [5.74, 6) is -0.00782. The molecule has 1 aliphatic heterocycles. The van der Waals surface area contributed by atoms with Crippen LogP contribution >= 0.6 is 0 Å². The monoisotopic (exact) mass is 185 g/mol. The first-order valence-electron chi connectivity index (χ1n) is 5.12. The minimum absolute atomic E-state index is 0.169. The van der Waals surface area contributed by atoms with Crippen LogP contribution in [0, 0.1) is 11.8 Å². The van der Waals surface area contributed by atoms with Crippen LogP contribution < -0.4 is 0 Å². The number of nitrogens with zero attached hydrogens (tertiary/aromatic N) is 1. The summed E-state index contributed by atoms with van der Waals surface area (Å²) in [5, 5.41) is 8.84. The Morgan fingerprint density at radius 3 is 2.54 bits per heavy atom. The summed E-state index contributed by atoms with van der Waals surface area (Å²) in [6.45, 7) is 7.06. The molecule has 1 saturated heterocycles. The van der Waals surface area contributed by atoms with Gasteiger partial charge in [-0.15, -0.1) is 0 Å². The number of hydrogen-bond acceptors (Lipinski definition) is 2. The highest BCUT2D eigenvalue weighted by Gasteiger charge is 2.28. The molecule has 0 radical (unpaired) electrons. The Morgan fingerprint density at radius 2 is 2.15 bits per heavy atom. The van der Waals surface area contributed by atoms with E-state index >= 15 is 0 Å². The van der Waals surface area contributed by atoms with Crippen LogP contribution in [0.25, 0.3) is 0 Å². The SMILES string of the molecule is CCC1CN(CC(CC)C(=O)O)C1. The largest absolute Gasteiger partial charge is 0.481 e. The average molecular weight is 185 g/mol. The van der Waals surface area contributed by atoms with Gasteiger partial charge in [-0.2, -0.15) is 0 Å². The van der Waals surface area contributed by atoms with E-state index in [-0.39, 0.29) is 5.92 Å². The normalized spacial score (nSPS) is 21.1. The molecule has 0 aromatic carbocycles. The van der Waals surface area contributed by atoms with E-state index in [1.165, 1.54) is 6.42 Å². The van der Waals surface area contributed by atoms with Crippen LogP contribution in [-0.2, 0) is 4.79 Å². The molecule has 1 rings (SSSR count). The Morgan fingerprint density at radius 1 is 1.54 bits per heavy atom. The molecule has 1 fully saturated rings. The highest BCUT2D eigenvalue weighted by molar-refractivity contribution is 5.70. The van der Waals surface area contributed by atoms with E-state index < -0.39 is 5.97 Å². The van der Waals surface area contributed by atoms with Gasteiger partial charge in [-0.3, -0.25) is 4.79 Å². The molecule has 0 amide bonds. The fourth-order valence-electron chi connectivity index (χ4n) is 1.78. The number of aliphatic carboxylic acids is 1. The zero-order valence-corrected chi connectivity index (χ0v) is 8.49. The lowest BCUT2D eigenvalue weighted by Crippen LogP contribution is -2.49. The quantitative estimate of drug-likeness (QED) is 0.704. The van der Waals surface area contributed by atoms with Crippen LogP contribution in [0.15, 0.2) is 0 Å². The van der Waals surface area contributed by atoms with Gasteiger partial charge in [0, 0.05) is 19.6 Å². The number of rotatable bonds is 5. The first-order valence-corrected chi connectivity index (χ1v) is 5.12. The van der Waals surface area contributed by atoms with E-state index in [1.54, 1.807) is 0 Å². The fraction of sp³-hybridized carbons (Fsp3) is 0.900. The molecule has 0 aliphatic carbocycles. The minimum atomic E-state index is -0.651. The summed E-state index contributed by atoms with van der Waals surface area (Å²) in [4.78, 5) is 13.0. The number of carbonyl (C=O) groups is 1. The molecule has 0 aromatic heterocycles. The van der Waals surface area contributed by atoms with E-state index in [1.807, 2.05) is 6.92 Å². The molecular weight excluding hydrogens is 166 g/mol. The molecule has 1 unspecified atom stereocenters. The van der Waals surface area contributed by atoms with Crippen molar-refractivity contribution < 1.29 is 9.90 Å². The molecule has 0 aromatic rings. The Kier molecular flexibility index (Phi) is 3.72. The Hall–Kier alpha value is -0.570. The zero-order chi connectivity index (χ0) is 9.84. The molecule has 0 bridgehead atoms. The van der Waals surface area contributed by atoms with Crippen molar-refractivity contribution in [2.75, 3.05) is 19.6 Å². The van der Waals surface area contributed by atoms with Gasteiger partial charge < -0.3 is 10.0 Å². The molecule has 1 heterocycles. The van der Waals surface area contributed by atoms with Gasteiger partial charge >= 0.3 is 5.97 Å². The van der Waals surface area contributed by atoms with Crippen molar-refractivity contribution in [3.8, 4) is 0 Å². The van der Waals surface area contributed by atoms with Crippen LogP contribution in [0.1, 0.15) is 26.7 Å². The lowest BCUT2D eigenvalue weighted by Gasteiger charge is -2.40. The molecule has 3 nitrogen and oxygen atoms in total. The summed E-state index contributed by atoms with van der Waals surface area (Å²) < 4.78 is 0. The van der Waals surface area contributed by atoms with Crippen molar-refractivity contribution in [2.45, 2.75) is 26.7 Å². The Balaban J connectivity index is 2.21. The smallest absolute Gasteiger partial charge is 0.307 e. The third-order valence-corrected chi connectivity index (χ3v) is 2.93. The number of carboxylic acid groups (broad SMARTS) is 1. The molecule has 1 aliphatic rings. The van der Waals surface area contributed by atoms with E-state index in [9.17, 15) is 4.79 Å². The van der Waals surface area contributed by atoms with E-state index in [4.69, 9.17) is 5.11 Å². The summed E-state index contributed by atoms with van der Waals surface area (Å²) >= 11 is 0. The highest BCUT2D eigenvalue weighted by Crippen LogP contribution is 2.20. The Bertz CT molecular complexity index is 176. The lowest BCUT2D eigenvalue weighted by molar-refractivity contribution is -0.143. The molecule has 3 heteroatoms. The lowest BCUT2D eigenvalue weighted by atomic mass is 9.95. The average Bonchev–Trinajstić information content (AvgIpc) is 2.02. The van der Waals surface area contributed by atoms with Gasteiger partial charge in [0.15, 0.2) is 0 Å². The van der Waals surface area contributed by atoms with E-state index in [0.29, 0.717) is 0 Å². The standard InChI is InChI=1S/C10H19NO2/c1-3-8-5-11(6-8)7-9(4-2)10(12)13/h8-9H,3-7H2,1-2H3,(H,12,13). The maximum Gasteiger partial charge on any atom is 0.307 e. The van der Waals surface area contributed by atoms with Gasteiger partial charge in [-0.05, 0) is 12.3 Å². The number of likely N-dealkylation sites (tertiary alicyclic amines) is 1. The summed E-state index contributed by atoms with van der Waals surface area (Å²) in [6.07, 6.45) is 1.96. The topological polar surface area (TPSA) is 40.5 Å². The summed E-state index contributed by atoms with van der Waals surface area (Å²) in [6, 6.07) is 0. The second-order valence-corrected chi connectivity index (χ2v) is 3.94. The van der Waals surface area contributed by atoms with Crippen LogP contribution in [0.2, 0.25) is 0 Å². The van der Waals surface area contributed by atoms with Crippen LogP contribution in [-0.4, -0.2) is 35.6 Å². The molecule has 76 valence electrons. The molecular formula is C10H19NO2. The van der Waals surface area contributed by atoms with Gasteiger partial charge in [-0.25, -0.2) is 0 Å². The van der Waals surface area contributed by atoms with Crippen molar-refractivity contribution in [1.82, 2.24) is 4.90 Å². The van der Waals surface area contributed by atoms with Crippen molar-refractivity contribution in [3.63, 3.8) is 0 Å². The van der Waals surface area contributed by atoms with Crippen LogP contribution in [0.4, 0.5) is 0 Å². The predicted molar refractivity (Wildman–Crippen MR) is 51.6 cm³/mol. The highest BCUT2D eigenvalue weighted by atomic mass is 16.4. The van der Waals surface area contributed by atoms with Gasteiger partial charge in [-0.1, -0.05) is 20.3 Å². The predicted octanol–water partition coefficient (Wildman–Crippen LogP) is 1.44. The van der Waals surface area contributed by atoms with Gasteiger partial charge in [0.1, 0.15) is 0 Å². The summed E-state index contributed by atoms with van der Waals surface area (Å²) in [7, 11) is 0. The third kappa shape index (κ3) is 2.69. The second-order valence-electron chi connectivity index (χ2n) is 3.94. The molecule has 1 atom stereocenters. The van der Waals surface area contributed by atoms with Crippen molar-refractivity contribution in [1.29, 1.82) is 0 Å². The number of hydrogen-bond donors (Lipinski definition) is 1. The third-order valence-electron chi connectivity index (χ3n) is 2.93. The maximum absolute atomic E-state index is 10.7. The second kappa shape index (κ2) is 4.61. The molecule has 13 heavy (non-hydrogen) atoms. The van der Waals surface area contributed by atoms with Crippen molar-refractivity contribution in [2.24, 2.45) is 11.8 Å². The molecule has 0 saturated carbocycles. The van der Waals surface area contributed by atoms with Gasteiger partial charge in [0.2, 0.25) is 0 Å². The summed E-state index contributed by atoms with van der Waals surface area (Å²) in [5.41, 5.74) is 0. The maximum atomic E-state index is 10.7. The van der Waals surface area contributed by atoms with Crippen molar-refractivity contribution in [3.05, 3.63) is 0 Å². The first kappa shape index (κ1) is 10.5. The number of carboxylic acids is 1. The minimum Gasteiger partial charge on any atom is -0.481 e. The Labute approximate surface area is 79.7 Å². The first-order chi connectivity index (χ1) is 6.17. The fourth-order valence-corrected chi connectivity index (χ4v) is 1.78. The van der Waals surface area contributed by atoms with Crippen molar-refractivity contribution >= 4 is 5.97 Å². The molecule has 1 N–H and O–H groups in total. The zero-order valence-electron chi connectivity index (χ0n) is 8.49. The van der Waals surface area contributed by atoms with E-state index in [2.05, 4.69) is 11.8 Å². The van der Waals surface area contributed by atoms with E-state index in [0.717, 1.165) is 32.0 Å². The van der Waals surface area contributed by atoms with Gasteiger partial charge in [0.25, 0.3) is 0 Å². The van der Waals surface area contributed by atoms with Crippen LogP contribution in [0.3, 0.4) is 0 Å². The van der Waals surface area contributed by atoms with Crippen LogP contribution in [0.5, 0.6) is 0 Å². The molecule has 0 spiro atoms.